The zero-order valence-electron chi connectivity index (χ0n) is 16.5. The normalized spacial score (nSPS) is 18.2. The Kier molecular flexibility index (Phi) is 5.85. The van der Waals surface area contributed by atoms with Crippen LogP contribution in [0.1, 0.15) is 31.6 Å². The third kappa shape index (κ3) is 4.38. The second-order valence-corrected chi connectivity index (χ2v) is 7.44. The lowest BCUT2D eigenvalue weighted by molar-refractivity contribution is -0.121. The zero-order chi connectivity index (χ0) is 21.1. The Morgan fingerprint density at radius 3 is 2.73 bits per heavy atom. The largest absolute Gasteiger partial charge is 0.339 e. The van der Waals surface area contributed by atoms with Crippen molar-refractivity contribution in [2.45, 2.75) is 31.7 Å². The van der Waals surface area contributed by atoms with Gasteiger partial charge in [0.15, 0.2) is 0 Å². The van der Waals surface area contributed by atoms with Gasteiger partial charge in [0, 0.05) is 12.1 Å². The fourth-order valence-corrected chi connectivity index (χ4v) is 3.64. The van der Waals surface area contributed by atoms with Gasteiger partial charge in [-0.2, -0.15) is 4.98 Å². The molecule has 2 unspecified atom stereocenters. The van der Waals surface area contributed by atoms with Crippen molar-refractivity contribution in [2.75, 3.05) is 18.4 Å². The minimum absolute atomic E-state index is 0.0100. The average Bonchev–Trinajstić information content (AvgIpc) is 3.26. The van der Waals surface area contributed by atoms with E-state index in [0.29, 0.717) is 23.8 Å². The third-order valence-electron chi connectivity index (χ3n) is 5.41. The molecule has 156 valence electrons. The highest BCUT2D eigenvalue weighted by atomic mass is 19.1. The van der Waals surface area contributed by atoms with Gasteiger partial charge in [0.05, 0.1) is 17.6 Å². The van der Waals surface area contributed by atoms with E-state index in [1.165, 1.54) is 24.3 Å². The van der Waals surface area contributed by atoms with E-state index in [4.69, 9.17) is 4.52 Å². The number of rotatable bonds is 5. The van der Waals surface area contributed by atoms with Gasteiger partial charge in [-0.25, -0.2) is 8.78 Å². The van der Waals surface area contributed by atoms with E-state index in [1.54, 1.807) is 31.2 Å². The lowest BCUT2D eigenvalue weighted by Gasteiger charge is -2.34. The van der Waals surface area contributed by atoms with E-state index in [9.17, 15) is 13.6 Å². The first-order valence-corrected chi connectivity index (χ1v) is 9.90. The van der Waals surface area contributed by atoms with E-state index in [2.05, 4.69) is 15.5 Å². The second-order valence-electron chi connectivity index (χ2n) is 7.44. The van der Waals surface area contributed by atoms with Crippen molar-refractivity contribution < 1.29 is 18.1 Å². The summed E-state index contributed by atoms with van der Waals surface area (Å²) in [6.07, 6.45) is 1.74. The summed E-state index contributed by atoms with van der Waals surface area (Å²) in [4.78, 5) is 19.1. The van der Waals surface area contributed by atoms with Crippen molar-refractivity contribution >= 4 is 11.6 Å². The van der Waals surface area contributed by atoms with Crippen molar-refractivity contribution in [3.63, 3.8) is 0 Å². The fourth-order valence-electron chi connectivity index (χ4n) is 3.64. The molecule has 8 heteroatoms. The van der Waals surface area contributed by atoms with Crippen molar-refractivity contribution in [1.29, 1.82) is 0 Å². The molecule has 0 aliphatic carbocycles. The first kappa shape index (κ1) is 20.2. The van der Waals surface area contributed by atoms with Crippen LogP contribution in [0, 0.1) is 11.6 Å². The zero-order valence-corrected chi connectivity index (χ0v) is 16.5. The minimum Gasteiger partial charge on any atom is -0.339 e. The number of para-hydroxylation sites is 1. The molecule has 4 rings (SSSR count). The standard InChI is InChI=1S/C22H22F2N4O2/c1-14(21(29)25-19-7-3-2-6-18(19)24)28-12-4-5-16(13-28)22-26-20(27-30-22)15-8-10-17(23)11-9-15/h2-3,6-11,14,16H,4-5,12-13H2,1H3,(H,25,29). The Morgan fingerprint density at radius 1 is 1.20 bits per heavy atom. The Hall–Kier alpha value is -3.13. The highest BCUT2D eigenvalue weighted by Gasteiger charge is 2.31. The molecule has 30 heavy (non-hydrogen) atoms. The fraction of sp³-hybridized carbons (Fsp3) is 0.318. The van der Waals surface area contributed by atoms with E-state index < -0.39 is 11.9 Å². The maximum Gasteiger partial charge on any atom is 0.241 e. The summed E-state index contributed by atoms with van der Waals surface area (Å²) < 4.78 is 32.4. The third-order valence-corrected chi connectivity index (χ3v) is 5.41. The molecule has 1 aliphatic heterocycles. The molecular formula is C22H22F2N4O2. The van der Waals surface area contributed by atoms with Gasteiger partial charge >= 0.3 is 0 Å². The van der Waals surface area contributed by atoms with Crippen molar-refractivity contribution in [3.05, 3.63) is 66.1 Å². The van der Waals surface area contributed by atoms with Crippen LogP contribution in [0.25, 0.3) is 11.4 Å². The maximum absolute atomic E-state index is 13.8. The number of halogens is 2. The molecule has 1 amide bonds. The van der Waals surface area contributed by atoms with Crippen LogP contribution in [0.2, 0.25) is 0 Å². The lowest BCUT2D eigenvalue weighted by Crippen LogP contribution is -2.46. The van der Waals surface area contributed by atoms with Crippen LogP contribution in [0.3, 0.4) is 0 Å². The number of hydrogen-bond acceptors (Lipinski definition) is 5. The van der Waals surface area contributed by atoms with Crippen LogP contribution in [-0.2, 0) is 4.79 Å². The number of likely N-dealkylation sites (tertiary alicyclic amines) is 1. The Morgan fingerprint density at radius 2 is 1.97 bits per heavy atom. The SMILES string of the molecule is CC(C(=O)Nc1ccccc1F)N1CCCC(c2nc(-c3ccc(F)cc3)no2)C1. The smallest absolute Gasteiger partial charge is 0.241 e. The molecule has 0 bridgehead atoms. The Balaban J connectivity index is 1.42. The van der Waals surface area contributed by atoms with Crippen LogP contribution in [-0.4, -0.2) is 40.1 Å². The summed E-state index contributed by atoms with van der Waals surface area (Å²) in [5.74, 6) is -0.155. The number of piperidine rings is 1. The first-order chi connectivity index (χ1) is 14.5. The van der Waals surface area contributed by atoms with Gasteiger partial charge in [0.1, 0.15) is 11.6 Å². The summed E-state index contributed by atoms with van der Waals surface area (Å²) in [5.41, 5.74) is 0.848. The molecule has 1 fully saturated rings. The highest BCUT2D eigenvalue weighted by molar-refractivity contribution is 5.94. The van der Waals surface area contributed by atoms with Gasteiger partial charge in [-0.05, 0) is 62.7 Å². The summed E-state index contributed by atoms with van der Waals surface area (Å²) in [6, 6.07) is 11.6. The van der Waals surface area contributed by atoms with Crippen LogP contribution < -0.4 is 5.32 Å². The van der Waals surface area contributed by atoms with E-state index in [1.807, 2.05) is 4.90 Å². The number of carbonyl (C=O) groups is 1. The molecule has 0 radical (unpaired) electrons. The van der Waals surface area contributed by atoms with Crippen molar-refractivity contribution in [3.8, 4) is 11.4 Å². The summed E-state index contributed by atoms with van der Waals surface area (Å²) in [6.45, 7) is 3.13. The number of carbonyl (C=O) groups excluding carboxylic acids is 1. The quantitative estimate of drug-likeness (QED) is 0.679. The molecule has 0 spiro atoms. The van der Waals surface area contributed by atoms with Gasteiger partial charge in [-0.3, -0.25) is 9.69 Å². The Bertz CT molecular complexity index is 1020. The molecule has 6 nitrogen and oxygen atoms in total. The van der Waals surface area contributed by atoms with E-state index >= 15 is 0 Å². The van der Waals surface area contributed by atoms with Crippen LogP contribution in [0.15, 0.2) is 53.1 Å². The molecule has 3 aromatic rings. The molecule has 2 aromatic carbocycles. The van der Waals surface area contributed by atoms with Gasteiger partial charge in [-0.15, -0.1) is 0 Å². The predicted molar refractivity (Wildman–Crippen MR) is 108 cm³/mol. The molecular weight excluding hydrogens is 390 g/mol. The lowest BCUT2D eigenvalue weighted by atomic mass is 9.96. The molecule has 2 atom stereocenters. The number of anilines is 1. The topological polar surface area (TPSA) is 71.3 Å². The first-order valence-electron chi connectivity index (χ1n) is 9.90. The number of nitrogens with zero attached hydrogens (tertiary/aromatic N) is 3. The predicted octanol–water partition coefficient (Wildman–Crippen LogP) is 4.22. The summed E-state index contributed by atoms with van der Waals surface area (Å²) in [5, 5.41) is 6.67. The van der Waals surface area contributed by atoms with Gasteiger partial charge < -0.3 is 9.84 Å². The van der Waals surface area contributed by atoms with Crippen LogP contribution in [0.4, 0.5) is 14.5 Å². The number of benzene rings is 2. The van der Waals surface area contributed by atoms with Crippen LogP contribution in [0.5, 0.6) is 0 Å². The number of amides is 1. The van der Waals surface area contributed by atoms with Gasteiger partial charge in [0.2, 0.25) is 17.6 Å². The summed E-state index contributed by atoms with van der Waals surface area (Å²) >= 11 is 0. The van der Waals surface area contributed by atoms with E-state index in [-0.39, 0.29) is 23.3 Å². The summed E-state index contributed by atoms with van der Waals surface area (Å²) in [7, 11) is 0. The van der Waals surface area contributed by atoms with Crippen molar-refractivity contribution in [1.82, 2.24) is 15.0 Å². The monoisotopic (exact) mass is 412 g/mol. The molecule has 1 saturated heterocycles. The van der Waals surface area contributed by atoms with E-state index in [0.717, 1.165) is 19.4 Å². The Labute approximate surface area is 172 Å². The highest BCUT2D eigenvalue weighted by Crippen LogP contribution is 2.29. The second kappa shape index (κ2) is 8.71. The molecule has 1 aliphatic rings. The van der Waals surface area contributed by atoms with Gasteiger partial charge in [0.25, 0.3) is 0 Å². The minimum atomic E-state index is -0.464. The number of aromatic nitrogens is 2. The average molecular weight is 412 g/mol. The molecule has 1 aromatic heterocycles. The maximum atomic E-state index is 13.8. The van der Waals surface area contributed by atoms with Crippen LogP contribution >= 0.6 is 0 Å². The molecule has 2 heterocycles. The van der Waals surface area contributed by atoms with Gasteiger partial charge in [-0.1, -0.05) is 17.3 Å². The number of nitrogens with one attached hydrogen (secondary N) is 1. The van der Waals surface area contributed by atoms with Crippen molar-refractivity contribution in [2.24, 2.45) is 0 Å². The molecule has 0 saturated carbocycles. The number of hydrogen-bond donors (Lipinski definition) is 1. The molecule has 1 N–H and O–H groups in total.